The van der Waals surface area contributed by atoms with Gasteiger partial charge in [0, 0.05) is 23.2 Å². The van der Waals surface area contributed by atoms with Gasteiger partial charge in [0.25, 0.3) is 11.5 Å². The Morgan fingerprint density at radius 2 is 1.37 bits per heavy atom. The minimum atomic E-state index is -0.618. The number of hydrogen-bond donors (Lipinski definition) is 2. The van der Waals surface area contributed by atoms with Gasteiger partial charge in [-0.2, -0.15) is 0 Å². The molecule has 1 aromatic heterocycles. The van der Waals surface area contributed by atoms with Crippen molar-refractivity contribution in [3.63, 3.8) is 0 Å². The molecular formula is C33H30N4O3S. The van der Waals surface area contributed by atoms with Crippen LogP contribution in [0.2, 0.25) is 0 Å². The van der Waals surface area contributed by atoms with Crippen LogP contribution in [0.15, 0.2) is 119 Å². The van der Waals surface area contributed by atoms with Crippen molar-refractivity contribution in [3.05, 3.63) is 142 Å². The molecule has 41 heavy (non-hydrogen) atoms. The second kappa shape index (κ2) is 12.1. The smallest absolute Gasteiger partial charge is 0.295 e. The van der Waals surface area contributed by atoms with Gasteiger partial charge in [0.05, 0.1) is 11.4 Å². The summed E-state index contributed by atoms with van der Waals surface area (Å²) in [4.78, 5) is 40.7. The van der Waals surface area contributed by atoms with Crippen molar-refractivity contribution in [1.29, 1.82) is 0 Å². The Kier molecular flexibility index (Phi) is 8.21. The minimum absolute atomic E-state index is 0.176. The quantitative estimate of drug-likeness (QED) is 0.211. The maximum atomic E-state index is 13.7. The molecule has 2 N–H and O–H groups in total. The topological polar surface area (TPSA) is 85.1 Å². The Morgan fingerprint density at radius 1 is 0.756 bits per heavy atom. The summed E-state index contributed by atoms with van der Waals surface area (Å²) in [6.07, 6.45) is 0. The van der Waals surface area contributed by atoms with Gasteiger partial charge >= 0.3 is 0 Å². The number of nitrogens with one attached hydrogen (secondary N) is 2. The molecule has 0 bridgehead atoms. The van der Waals surface area contributed by atoms with E-state index in [1.54, 1.807) is 22.5 Å². The van der Waals surface area contributed by atoms with Crippen molar-refractivity contribution in [2.45, 2.75) is 24.0 Å². The fraction of sp³-hybridized carbons (Fsp3) is 0.121. The van der Waals surface area contributed by atoms with Crippen LogP contribution >= 0.6 is 11.8 Å². The number of carbonyl (C=O) groups excluding carboxylic acids is 2. The summed E-state index contributed by atoms with van der Waals surface area (Å²) in [5.41, 5.74) is 4.30. The number of para-hydroxylation sites is 1. The van der Waals surface area contributed by atoms with E-state index in [0.29, 0.717) is 22.6 Å². The van der Waals surface area contributed by atoms with Gasteiger partial charge in [0.2, 0.25) is 5.91 Å². The zero-order valence-corrected chi connectivity index (χ0v) is 23.8. The highest BCUT2D eigenvalue weighted by Crippen LogP contribution is 2.37. The molecule has 8 heteroatoms. The van der Waals surface area contributed by atoms with Crippen LogP contribution in [-0.4, -0.2) is 21.2 Å². The van der Waals surface area contributed by atoms with Crippen LogP contribution in [0.3, 0.4) is 0 Å². The van der Waals surface area contributed by atoms with Crippen molar-refractivity contribution in [2.24, 2.45) is 7.05 Å². The summed E-state index contributed by atoms with van der Waals surface area (Å²) in [6.45, 7) is 3.71. The molecule has 0 spiro atoms. The van der Waals surface area contributed by atoms with E-state index in [1.165, 1.54) is 11.8 Å². The van der Waals surface area contributed by atoms with E-state index in [9.17, 15) is 14.4 Å². The van der Waals surface area contributed by atoms with Gasteiger partial charge in [0.1, 0.15) is 10.9 Å². The van der Waals surface area contributed by atoms with Crippen LogP contribution in [0.5, 0.6) is 0 Å². The van der Waals surface area contributed by atoms with Crippen LogP contribution in [-0.2, 0) is 11.8 Å². The summed E-state index contributed by atoms with van der Waals surface area (Å²) in [6, 6.07) is 33.6. The fourth-order valence-corrected chi connectivity index (χ4v) is 5.61. The number of nitrogens with zero attached hydrogens (tertiary/aromatic N) is 2. The first-order valence-electron chi connectivity index (χ1n) is 13.2. The molecule has 0 aliphatic rings. The molecule has 5 aromatic rings. The lowest BCUT2D eigenvalue weighted by Crippen LogP contribution is -2.25. The second-order valence-electron chi connectivity index (χ2n) is 9.63. The third kappa shape index (κ3) is 6.02. The normalized spacial score (nSPS) is 11.6. The van der Waals surface area contributed by atoms with Crippen molar-refractivity contribution < 1.29 is 9.59 Å². The zero-order chi connectivity index (χ0) is 28.9. The summed E-state index contributed by atoms with van der Waals surface area (Å²) in [5.74, 6) is -0.478. The Bertz CT molecular complexity index is 1740. The molecule has 0 saturated carbocycles. The third-order valence-electron chi connectivity index (χ3n) is 6.90. The SMILES string of the molecule is Cc1ccccc1C(=O)Nc1ccc(SC(C(=O)Nc2c(C)n(C)n(-c3ccccc3)c2=O)c2ccccc2)cc1. The molecule has 4 aromatic carbocycles. The Balaban J connectivity index is 1.37. The Hall–Kier alpha value is -4.82. The van der Waals surface area contributed by atoms with E-state index < -0.39 is 5.25 Å². The maximum absolute atomic E-state index is 13.7. The number of amides is 2. The number of hydrogen-bond acceptors (Lipinski definition) is 4. The minimum Gasteiger partial charge on any atom is -0.322 e. The van der Waals surface area contributed by atoms with Crippen LogP contribution in [0.4, 0.5) is 11.4 Å². The van der Waals surface area contributed by atoms with Gasteiger partial charge in [-0.05, 0) is 67.4 Å². The Morgan fingerprint density at radius 3 is 2.02 bits per heavy atom. The van der Waals surface area contributed by atoms with Crippen molar-refractivity contribution in [1.82, 2.24) is 9.36 Å². The molecule has 1 atom stereocenters. The van der Waals surface area contributed by atoms with Gasteiger partial charge in [-0.15, -0.1) is 11.8 Å². The first-order chi connectivity index (χ1) is 19.8. The molecule has 2 amide bonds. The number of thioether (sulfide) groups is 1. The molecule has 7 nitrogen and oxygen atoms in total. The van der Waals surface area contributed by atoms with Crippen LogP contribution in [0, 0.1) is 13.8 Å². The van der Waals surface area contributed by atoms with Gasteiger partial charge in [-0.1, -0.05) is 66.7 Å². The van der Waals surface area contributed by atoms with E-state index in [0.717, 1.165) is 16.0 Å². The largest absolute Gasteiger partial charge is 0.322 e. The highest BCUT2D eigenvalue weighted by molar-refractivity contribution is 8.00. The highest BCUT2D eigenvalue weighted by atomic mass is 32.2. The van der Waals surface area contributed by atoms with Crippen molar-refractivity contribution in [2.75, 3.05) is 10.6 Å². The monoisotopic (exact) mass is 562 g/mol. The van der Waals surface area contributed by atoms with E-state index in [-0.39, 0.29) is 23.1 Å². The average Bonchev–Trinajstić information content (AvgIpc) is 3.20. The molecule has 0 aliphatic heterocycles. The molecule has 206 valence electrons. The van der Waals surface area contributed by atoms with Gasteiger partial charge in [-0.3, -0.25) is 19.1 Å². The molecule has 0 aliphatic carbocycles. The zero-order valence-electron chi connectivity index (χ0n) is 23.0. The molecule has 1 heterocycles. The Labute approximate surface area is 242 Å². The maximum Gasteiger partial charge on any atom is 0.295 e. The van der Waals surface area contributed by atoms with E-state index >= 15 is 0 Å². The van der Waals surface area contributed by atoms with E-state index in [4.69, 9.17) is 0 Å². The van der Waals surface area contributed by atoms with Crippen molar-refractivity contribution in [3.8, 4) is 5.69 Å². The summed E-state index contributed by atoms with van der Waals surface area (Å²) < 4.78 is 3.28. The number of aromatic nitrogens is 2. The predicted molar refractivity (Wildman–Crippen MR) is 165 cm³/mol. The number of rotatable bonds is 8. The predicted octanol–water partition coefficient (Wildman–Crippen LogP) is 6.52. The third-order valence-corrected chi connectivity index (χ3v) is 8.16. The standard InChI is InChI=1S/C33H30N4O3S/c1-22-12-10-11-17-28(22)31(38)34-25-18-20-27(21-19-25)41-30(24-13-6-4-7-14-24)32(39)35-29-23(2)36(3)37(33(29)40)26-15-8-5-9-16-26/h4-21,30H,1-3H3,(H,34,38)(H,35,39). The fourth-order valence-electron chi connectivity index (χ4n) is 4.58. The second-order valence-corrected chi connectivity index (χ2v) is 10.8. The van der Waals surface area contributed by atoms with Crippen molar-refractivity contribution >= 4 is 35.0 Å². The molecular weight excluding hydrogens is 532 g/mol. The average molecular weight is 563 g/mol. The molecule has 1 unspecified atom stereocenters. The van der Waals surface area contributed by atoms with Crippen LogP contribution in [0.1, 0.15) is 32.4 Å². The number of aryl methyl sites for hydroxylation is 1. The number of benzene rings is 4. The van der Waals surface area contributed by atoms with E-state index in [1.807, 2.05) is 117 Å². The van der Waals surface area contributed by atoms with Crippen LogP contribution in [0.25, 0.3) is 5.69 Å². The molecule has 0 radical (unpaired) electrons. The summed E-state index contributed by atoms with van der Waals surface area (Å²) in [5, 5.41) is 5.23. The lowest BCUT2D eigenvalue weighted by Gasteiger charge is -2.17. The summed E-state index contributed by atoms with van der Waals surface area (Å²) in [7, 11) is 1.79. The van der Waals surface area contributed by atoms with Gasteiger partial charge < -0.3 is 10.6 Å². The molecule has 5 rings (SSSR count). The van der Waals surface area contributed by atoms with Gasteiger partial charge in [-0.25, -0.2) is 4.68 Å². The van der Waals surface area contributed by atoms with Crippen LogP contribution < -0.4 is 16.2 Å². The first-order valence-corrected chi connectivity index (χ1v) is 14.0. The molecule has 0 saturated heterocycles. The van der Waals surface area contributed by atoms with E-state index in [2.05, 4.69) is 10.6 Å². The lowest BCUT2D eigenvalue weighted by molar-refractivity contribution is -0.115. The highest BCUT2D eigenvalue weighted by Gasteiger charge is 2.26. The number of carbonyl (C=O) groups is 2. The summed E-state index contributed by atoms with van der Waals surface area (Å²) >= 11 is 1.37. The molecule has 0 fully saturated rings. The first kappa shape index (κ1) is 27.7. The van der Waals surface area contributed by atoms with Gasteiger partial charge in [0.15, 0.2) is 0 Å². The lowest BCUT2D eigenvalue weighted by atomic mass is 10.1. The number of anilines is 2.